The molecule has 0 unspecified atom stereocenters. The zero-order valence-corrected chi connectivity index (χ0v) is 20.5. The molecule has 0 spiro atoms. The smallest absolute Gasteiger partial charge is 0.338 e. The monoisotopic (exact) mass is 485 g/mol. The van der Waals surface area contributed by atoms with E-state index in [-0.39, 0.29) is 12.0 Å². The van der Waals surface area contributed by atoms with Crippen LogP contribution in [0.4, 0.5) is 4.79 Å². The summed E-state index contributed by atoms with van der Waals surface area (Å²) in [5.41, 5.74) is 3.61. The molecule has 0 atom stereocenters. The Bertz CT molecular complexity index is 1250. The molecule has 8 heteroatoms. The fourth-order valence-electron chi connectivity index (χ4n) is 5.36. The molecule has 8 nitrogen and oxygen atoms in total. The van der Waals surface area contributed by atoms with Gasteiger partial charge >= 0.3 is 12.0 Å². The number of rotatable bonds is 5. The van der Waals surface area contributed by atoms with Gasteiger partial charge in [0.25, 0.3) is 0 Å². The van der Waals surface area contributed by atoms with Crippen molar-refractivity contribution in [3.63, 3.8) is 0 Å². The zero-order chi connectivity index (χ0) is 24.6. The number of hydrogen-bond acceptors (Lipinski definition) is 5. The van der Waals surface area contributed by atoms with Gasteiger partial charge in [-0.1, -0.05) is 42.5 Å². The molecule has 36 heavy (non-hydrogen) atoms. The van der Waals surface area contributed by atoms with Crippen molar-refractivity contribution < 1.29 is 14.3 Å². The average Bonchev–Trinajstić information content (AvgIpc) is 3.64. The normalized spacial score (nSPS) is 18.7. The van der Waals surface area contributed by atoms with Crippen LogP contribution in [0.2, 0.25) is 0 Å². The molecule has 2 aromatic carbocycles. The third kappa shape index (κ3) is 4.36. The summed E-state index contributed by atoms with van der Waals surface area (Å²) >= 11 is 0. The van der Waals surface area contributed by atoms with Gasteiger partial charge in [-0.3, -0.25) is 0 Å². The summed E-state index contributed by atoms with van der Waals surface area (Å²) in [5, 5.41) is 8.70. The van der Waals surface area contributed by atoms with E-state index in [9.17, 15) is 9.59 Å². The number of amides is 2. The van der Waals surface area contributed by atoms with E-state index in [1.165, 1.54) is 25.5 Å². The quantitative estimate of drug-likeness (QED) is 0.536. The summed E-state index contributed by atoms with van der Waals surface area (Å²) in [5.74, 6) is 2.98. The van der Waals surface area contributed by atoms with Crippen molar-refractivity contribution in [1.82, 2.24) is 25.0 Å². The largest absolute Gasteiger partial charge is 0.465 e. The van der Waals surface area contributed by atoms with Gasteiger partial charge in [-0.15, -0.1) is 10.2 Å². The number of likely N-dealkylation sites (tertiary alicyclic amines) is 2. The summed E-state index contributed by atoms with van der Waals surface area (Å²) in [7, 11) is 1.40. The Morgan fingerprint density at radius 3 is 2.11 bits per heavy atom. The average molecular weight is 486 g/mol. The molecular weight excluding hydrogens is 454 g/mol. The number of esters is 1. The first-order valence-electron chi connectivity index (χ1n) is 12.8. The van der Waals surface area contributed by atoms with Crippen LogP contribution in [0, 0.1) is 0 Å². The van der Waals surface area contributed by atoms with Gasteiger partial charge in [-0.2, -0.15) is 0 Å². The second kappa shape index (κ2) is 9.41. The van der Waals surface area contributed by atoms with Crippen LogP contribution >= 0.6 is 0 Å². The lowest BCUT2D eigenvalue weighted by Gasteiger charge is -2.43. The number of H-pyrrole nitrogens is 1. The lowest BCUT2D eigenvalue weighted by atomic mass is 9.89. The highest BCUT2D eigenvalue weighted by Crippen LogP contribution is 2.39. The molecule has 3 aromatic rings. The van der Waals surface area contributed by atoms with Crippen LogP contribution in [0.3, 0.4) is 0 Å². The molecular formula is C28H31N5O3. The fourth-order valence-corrected chi connectivity index (χ4v) is 5.36. The van der Waals surface area contributed by atoms with Crippen LogP contribution in [0.25, 0.3) is 11.1 Å². The number of nitrogens with one attached hydrogen (secondary N) is 1. The van der Waals surface area contributed by atoms with Gasteiger partial charge in [-0.05, 0) is 48.4 Å². The summed E-state index contributed by atoms with van der Waals surface area (Å²) in [4.78, 5) is 32.5. The van der Waals surface area contributed by atoms with Gasteiger partial charge in [0.05, 0.1) is 12.7 Å². The van der Waals surface area contributed by atoms with Gasteiger partial charge in [0, 0.05) is 43.9 Å². The van der Waals surface area contributed by atoms with Gasteiger partial charge in [0.2, 0.25) is 0 Å². The lowest BCUT2D eigenvalue weighted by molar-refractivity contribution is 0.0601. The lowest BCUT2D eigenvalue weighted by Crippen LogP contribution is -2.55. The van der Waals surface area contributed by atoms with Crippen LogP contribution in [-0.2, 0) is 4.74 Å². The molecule has 2 amide bonds. The Balaban J connectivity index is 1.02. The maximum Gasteiger partial charge on any atom is 0.338 e. The van der Waals surface area contributed by atoms with Crippen molar-refractivity contribution in [3.8, 4) is 11.1 Å². The molecule has 1 N–H and O–H groups in total. The van der Waals surface area contributed by atoms with Crippen molar-refractivity contribution in [3.05, 3.63) is 71.3 Å². The molecule has 1 aromatic heterocycles. The van der Waals surface area contributed by atoms with Gasteiger partial charge in [0.1, 0.15) is 11.6 Å². The number of carbonyl (C=O) groups excluding carboxylic acids is 2. The molecule has 6 rings (SSSR count). The Hall–Kier alpha value is -3.68. The number of aromatic nitrogens is 3. The Kier molecular flexibility index (Phi) is 5.95. The molecule has 1 saturated carbocycles. The van der Waals surface area contributed by atoms with Crippen LogP contribution in [-0.4, -0.2) is 70.3 Å². The number of piperidine rings is 1. The molecule has 186 valence electrons. The molecule has 2 aliphatic heterocycles. The number of hydrogen-bond donors (Lipinski definition) is 1. The van der Waals surface area contributed by atoms with Crippen LogP contribution in [0.5, 0.6) is 0 Å². The van der Waals surface area contributed by atoms with E-state index >= 15 is 0 Å². The predicted molar refractivity (Wildman–Crippen MR) is 135 cm³/mol. The minimum absolute atomic E-state index is 0.143. The minimum atomic E-state index is -0.337. The van der Waals surface area contributed by atoms with E-state index in [0.717, 1.165) is 61.8 Å². The van der Waals surface area contributed by atoms with Crippen molar-refractivity contribution in [1.29, 1.82) is 0 Å². The van der Waals surface area contributed by atoms with Gasteiger partial charge in [-0.25, -0.2) is 9.59 Å². The maximum atomic E-state index is 13.0. The number of aromatic amines is 1. The topological polar surface area (TPSA) is 91.4 Å². The molecule has 3 fully saturated rings. The third-order valence-electron chi connectivity index (χ3n) is 7.82. The number of urea groups is 1. The van der Waals surface area contributed by atoms with Crippen molar-refractivity contribution in [2.45, 2.75) is 43.4 Å². The molecule has 3 heterocycles. The predicted octanol–water partition coefficient (Wildman–Crippen LogP) is 4.53. The minimum Gasteiger partial charge on any atom is -0.465 e. The summed E-state index contributed by atoms with van der Waals surface area (Å²) in [6, 6.07) is 15.9. The highest BCUT2D eigenvalue weighted by molar-refractivity contribution is 5.97. The fraction of sp³-hybridized carbons (Fsp3) is 0.429. The maximum absolute atomic E-state index is 13.0. The van der Waals surface area contributed by atoms with E-state index in [0.29, 0.717) is 23.3 Å². The van der Waals surface area contributed by atoms with Crippen LogP contribution in [0.1, 0.15) is 71.0 Å². The Morgan fingerprint density at radius 2 is 1.47 bits per heavy atom. The molecule has 0 radical (unpaired) electrons. The van der Waals surface area contributed by atoms with E-state index < -0.39 is 0 Å². The zero-order valence-electron chi connectivity index (χ0n) is 20.5. The summed E-state index contributed by atoms with van der Waals surface area (Å²) < 4.78 is 4.92. The van der Waals surface area contributed by atoms with Crippen LogP contribution < -0.4 is 0 Å². The second-order valence-electron chi connectivity index (χ2n) is 10.2. The van der Waals surface area contributed by atoms with Gasteiger partial charge < -0.3 is 19.5 Å². The van der Waals surface area contributed by atoms with Crippen molar-refractivity contribution in [2.75, 3.05) is 33.3 Å². The van der Waals surface area contributed by atoms with Crippen LogP contribution in [0.15, 0.2) is 48.5 Å². The van der Waals surface area contributed by atoms with E-state index in [4.69, 9.17) is 4.74 Å². The number of benzene rings is 2. The summed E-state index contributed by atoms with van der Waals surface area (Å²) in [6.07, 6.45) is 4.28. The highest BCUT2D eigenvalue weighted by Gasteiger charge is 2.36. The molecule has 2 saturated heterocycles. The first-order valence-corrected chi connectivity index (χ1v) is 12.8. The summed E-state index contributed by atoms with van der Waals surface area (Å²) in [6.45, 7) is 3.00. The standard InChI is InChI=1S/C28H31N5O3/c1-36-27(34)24-5-3-2-4-23(24)19-8-6-18(7-9-19)22-16-33(17-22)28(35)32-14-12-21(13-15-32)26-29-25(30-31-26)20-10-11-20/h2-9,20-22H,10-17H2,1H3,(H,29,30,31). The van der Waals surface area contributed by atoms with E-state index in [1.807, 2.05) is 40.1 Å². The molecule has 1 aliphatic carbocycles. The number of methoxy groups -OCH3 is 1. The third-order valence-corrected chi connectivity index (χ3v) is 7.82. The first kappa shape index (κ1) is 22.8. The number of ether oxygens (including phenoxy) is 1. The molecule has 3 aliphatic rings. The van der Waals surface area contributed by atoms with Crippen molar-refractivity contribution in [2.24, 2.45) is 0 Å². The second-order valence-corrected chi connectivity index (χ2v) is 10.2. The molecule has 0 bridgehead atoms. The van der Waals surface area contributed by atoms with E-state index in [2.05, 4.69) is 27.3 Å². The Morgan fingerprint density at radius 1 is 0.833 bits per heavy atom. The first-order chi connectivity index (χ1) is 17.6. The Labute approximate surface area is 210 Å². The highest BCUT2D eigenvalue weighted by atomic mass is 16.5. The number of nitrogens with zero attached hydrogens (tertiary/aromatic N) is 4. The van der Waals surface area contributed by atoms with Crippen molar-refractivity contribution >= 4 is 12.0 Å². The van der Waals surface area contributed by atoms with E-state index in [1.54, 1.807) is 6.07 Å². The SMILES string of the molecule is COC(=O)c1ccccc1-c1ccc(C2CN(C(=O)N3CCC(c4nnc(C5CC5)[nH]4)CC3)C2)cc1. The van der Waals surface area contributed by atoms with Gasteiger partial charge in [0.15, 0.2) is 0 Å². The number of carbonyl (C=O) groups is 2.